The first-order valence-electron chi connectivity index (χ1n) is 6.02. The van der Waals surface area contributed by atoms with Crippen LogP contribution in [-0.2, 0) is 0 Å². The average Bonchev–Trinajstić information content (AvgIpc) is 2.01. The van der Waals surface area contributed by atoms with Crippen molar-refractivity contribution in [2.45, 2.75) is 52.1 Å². The third-order valence-corrected chi connectivity index (χ3v) is 3.56. The van der Waals surface area contributed by atoms with Crippen molar-refractivity contribution in [2.75, 3.05) is 13.6 Å². The summed E-state index contributed by atoms with van der Waals surface area (Å²) in [6.45, 7) is 8.09. The molecular formula is C12H26N2. The molecule has 0 aromatic rings. The van der Waals surface area contributed by atoms with Crippen LogP contribution < -0.4 is 5.73 Å². The minimum atomic E-state index is 0.380. The lowest BCUT2D eigenvalue weighted by atomic mass is 9.76. The minimum absolute atomic E-state index is 0.380. The SMILES string of the molecule is CCCN(C)C1C(C)CC(C)CC1N. The molecule has 4 atom stereocenters. The van der Waals surface area contributed by atoms with Crippen molar-refractivity contribution in [3.8, 4) is 0 Å². The maximum atomic E-state index is 6.25. The lowest BCUT2D eigenvalue weighted by molar-refractivity contribution is 0.0965. The Bertz CT molecular complexity index is 152. The molecule has 0 radical (unpaired) electrons. The molecular weight excluding hydrogens is 172 g/mol. The first-order chi connectivity index (χ1) is 6.56. The Morgan fingerprint density at radius 2 is 1.93 bits per heavy atom. The quantitative estimate of drug-likeness (QED) is 0.752. The van der Waals surface area contributed by atoms with Crippen LogP contribution in [0, 0.1) is 11.8 Å². The van der Waals surface area contributed by atoms with Crippen LogP contribution in [0.2, 0.25) is 0 Å². The Labute approximate surface area is 88.8 Å². The molecule has 14 heavy (non-hydrogen) atoms. The molecule has 0 bridgehead atoms. The highest BCUT2D eigenvalue weighted by molar-refractivity contribution is 4.91. The van der Waals surface area contributed by atoms with Gasteiger partial charge in [0.15, 0.2) is 0 Å². The average molecular weight is 198 g/mol. The summed E-state index contributed by atoms with van der Waals surface area (Å²) < 4.78 is 0. The van der Waals surface area contributed by atoms with Gasteiger partial charge in [-0.25, -0.2) is 0 Å². The lowest BCUT2D eigenvalue weighted by Gasteiger charge is -2.42. The van der Waals surface area contributed by atoms with Crippen molar-refractivity contribution in [1.29, 1.82) is 0 Å². The molecule has 84 valence electrons. The molecule has 1 saturated carbocycles. The molecule has 0 heterocycles. The third-order valence-electron chi connectivity index (χ3n) is 3.56. The standard InChI is InChI=1S/C12H26N2/c1-5-6-14(4)12-10(3)7-9(2)8-11(12)13/h9-12H,5-8,13H2,1-4H3. The molecule has 2 N–H and O–H groups in total. The summed E-state index contributed by atoms with van der Waals surface area (Å²) >= 11 is 0. The van der Waals surface area contributed by atoms with Gasteiger partial charge >= 0.3 is 0 Å². The number of rotatable bonds is 3. The van der Waals surface area contributed by atoms with Gasteiger partial charge < -0.3 is 10.6 Å². The summed E-state index contributed by atoms with van der Waals surface area (Å²) in [4.78, 5) is 2.46. The van der Waals surface area contributed by atoms with E-state index in [0.717, 1.165) is 11.8 Å². The molecule has 2 heteroatoms. The number of nitrogens with two attached hydrogens (primary N) is 1. The summed E-state index contributed by atoms with van der Waals surface area (Å²) in [5.41, 5.74) is 6.25. The molecule has 0 saturated heterocycles. The zero-order valence-corrected chi connectivity index (χ0v) is 10.2. The van der Waals surface area contributed by atoms with E-state index in [1.807, 2.05) is 0 Å². The van der Waals surface area contributed by atoms with E-state index in [1.165, 1.54) is 25.8 Å². The smallest absolute Gasteiger partial charge is 0.0269 e. The van der Waals surface area contributed by atoms with Gasteiger partial charge in [0.05, 0.1) is 0 Å². The van der Waals surface area contributed by atoms with Gasteiger partial charge in [0, 0.05) is 12.1 Å². The number of nitrogens with zero attached hydrogens (tertiary/aromatic N) is 1. The molecule has 0 aromatic carbocycles. The molecule has 1 fully saturated rings. The van der Waals surface area contributed by atoms with Crippen molar-refractivity contribution >= 4 is 0 Å². The number of hydrogen-bond donors (Lipinski definition) is 1. The van der Waals surface area contributed by atoms with Crippen LogP contribution >= 0.6 is 0 Å². The largest absolute Gasteiger partial charge is 0.326 e. The fourth-order valence-electron chi connectivity index (χ4n) is 3.16. The topological polar surface area (TPSA) is 29.3 Å². The van der Waals surface area contributed by atoms with E-state index in [0.29, 0.717) is 12.1 Å². The van der Waals surface area contributed by atoms with Gasteiger partial charge in [-0.2, -0.15) is 0 Å². The number of likely N-dealkylation sites (N-methyl/N-ethyl adjacent to an activating group) is 1. The van der Waals surface area contributed by atoms with E-state index in [1.54, 1.807) is 0 Å². The van der Waals surface area contributed by atoms with Gasteiger partial charge in [-0.05, 0) is 44.7 Å². The van der Waals surface area contributed by atoms with E-state index >= 15 is 0 Å². The molecule has 2 nitrogen and oxygen atoms in total. The van der Waals surface area contributed by atoms with Crippen LogP contribution in [0.3, 0.4) is 0 Å². The van der Waals surface area contributed by atoms with Crippen molar-refractivity contribution in [3.05, 3.63) is 0 Å². The molecule has 0 amide bonds. The van der Waals surface area contributed by atoms with Crippen LogP contribution in [0.1, 0.15) is 40.0 Å². The third kappa shape index (κ3) is 2.71. The van der Waals surface area contributed by atoms with Crippen molar-refractivity contribution in [1.82, 2.24) is 4.90 Å². The first-order valence-corrected chi connectivity index (χ1v) is 6.02. The minimum Gasteiger partial charge on any atom is -0.326 e. The van der Waals surface area contributed by atoms with E-state index in [2.05, 4.69) is 32.7 Å². The van der Waals surface area contributed by atoms with E-state index in [9.17, 15) is 0 Å². The van der Waals surface area contributed by atoms with E-state index in [-0.39, 0.29) is 0 Å². The summed E-state index contributed by atoms with van der Waals surface area (Å²) in [5.74, 6) is 1.57. The normalized spacial score (nSPS) is 39.0. The summed E-state index contributed by atoms with van der Waals surface area (Å²) in [7, 11) is 2.22. The maximum Gasteiger partial charge on any atom is 0.0269 e. The molecule has 4 unspecified atom stereocenters. The van der Waals surface area contributed by atoms with Crippen LogP contribution in [0.4, 0.5) is 0 Å². The Hall–Kier alpha value is -0.0800. The van der Waals surface area contributed by atoms with Gasteiger partial charge in [0.1, 0.15) is 0 Å². The van der Waals surface area contributed by atoms with Gasteiger partial charge in [-0.15, -0.1) is 0 Å². The van der Waals surface area contributed by atoms with E-state index < -0.39 is 0 Å². The molecule has 0 aliphatic heterocycles. The highest BCUT2D eigenvalue weighted by Gasteiger charge is 2.33. The van der Waals surface area contributed by atoms with Gasteiger partial charge in [0.2, 0.25) is 0 Å². The van der Waals surface area contributed by atoms with Crippen molar-refractivity contribution in [2.24, 2.45) is 17.6 Å². The van der Waals surface area contributed by atoms with Crippen LogP contribution in [0.25, 0.3) is 0 Å². The summed E-state index contributed by atoms with van der Waals surface area (Å²) in [6, 6.07) is 0.983. The van der Waals surface area contributed by atoms with Crippen molar-refractivity contribution < 1.29 is 0 Å². The monoisotopic (exact) mass is 198 g/mol. The highest BCUT2D eigenvalue weighted by Crippen LogP contribution is 2.30. The van der Waals surface area contributed by atoms with Gasteiger partial charge in [-0.3, -0.25) is 0 Å². The first kappa shape index (κ1) is 12.0. The Kier molecular flexibility index (Phi) is 4.39. The van der Waals surface area contributed by atoms with Gasteiger partial charge in [-0.1, -0.05) is 20.8 Å². The Morgan fingerprint density at radius 3 is 2.43 bits per heavy atom. The second kappa shape index (κ2) is 5.13. The zero-order chi connectivity index (χ0) is 10.7. The highest BCUT2D eigenvalue weighted by atomic mass is 15.1. The van der Waals surface area contributed by atoms with Gasteiger partial charge in [0.25, 0.3) is 0 Å². The molecule has 1 aliphatic rings. The molecule has 1 rings (SSSR count). The van der Waals surface area contributed by atoms with Crippen LogP contribution in [0.15, 0.2) is 0 Å². The Morgan fingerprint density at radius 1 is 1.29 bits per heavy atom. The fraction of sp³-hybridized carbons (Fsp3) is 1.00. The molecule has 0 aromatic heterocycles. The van der Waals surface area contributed by atoms with Crippen molar-refractivity contribution in [3.63, 3.8) is 0 Å². The zero-order valence-electron chi connectivity index (χ0n) is 10.2. The molecule has 0 spiro atoms. The summed E-state index contributed by atoms with van der Waals surface area (Å²) in [5, 5.41) is 0. The second-order valence-corrected chi connectivity index (χ2v) is 5.19. The van der Waals surface area contributed by atoms with Crippen LogP contribution in [-0.4, -0.2) is 30.6 Å². The lowest BCUT2D eigenvalue weighted by Crippen LogP contribution is -2.53. The summed E-state index contributed by atoms with van der Waals surface area (Å²) in [6.07, 6.45) is 3.76. The van der Waals surface area contributed by atoms with Crippen LogP contribution in [0.5, 0.6) is 0 Å². The van der Waals surface area contributed by atoms with E-state index in [4.69, 9.17) is 5.73 Å². The Balaban J connectivity index is 2.57. The maximum absolute atomic E-state index is 6.25. The second-order valence-electron chi connectivity index (χ2n) is 5.19. The predicted molar refractivity (Wildman–Crippen MR) is 62.2 cm³/mol. The molecule has 1 aliphatic carbocycles. The number of hydrogen-bond acceptors (Lipinski definition) is 2. The predicted octanol–water partition coefficient (Wildman–Crippen LogP) is 2.09. The fourth-order valence-corrected chi connectivity index (χ4v) is 3.16.